The number of benzene rings is 2. The first-order valence-corrected chi connectivity index (χ1v) is 10.8. The second-order valence-corrected chi connectivity index (χ2v) is 8.93. The minimum absolute atomic E-state index is 0.0101. The Morgan fingerprint density at radius 3 is 2.30 bits per heavy atom. The molecule has 0 bridgehead atoms. The molecule has 0 atom stereocenters. The fourth-order valence-electron chi connectivity index (χ4n) is 3.03. The molecule has 1 saturated heterocycles. The molecule has 1 aliphatic rings. The number of halogens is 4. The molecule has 0 spiro atoms. The second kappa shape index (κ2) is 8.79. The number of piperazine rings is 1. The molecule has 30 heavy (non-hydrogen) atoms. The third-order valence-corrected chi connectivity index (χ3v) is 7.04. The van der Waals surface area contributed by atoms with Gasteiger partial charge in [0.25, 0.3) is 0 Å². The molecule has 2 aromatic rings. The number of carbonyl (C=O) groups excluding carboxylic acids is 1. The van der Waals surface area contributed by atoms with E-state index in [1.165, 1.54) is 45.6 Å². The van der Waals surface area contributed by atoms with Gasteiger partial charge in [0.05, 0.1) is 10.6 Å². The smallest absolute Gasteiger partial charge is 0.337 e. The van der Waals surface area contributed by atoms with Crippen LogP contribution in [0.3, 0.4) is 0 Å². The number of rotatable bonds is 4. The van der Waals surface area contributed by atoms with E-state index in [4.69, 9.17) is 11.6 Å². The van der Waals surface area contributed by atoms with Gasteiger partial charge in [0.2, 0.25) is 15.9 Å². The molecule has 10 heteroatoms. The first-order chi connectivity index (χ1) is 14.1. The number of nitrogens with zero attached hydrogens (tertiary/aromatic N) is 2. The third-order valence-electron chi connectivity index (χ3n) is 4.64. The van der Waals surface area contributed by atoms with Crippen LogP contribution in [-0.4, -0.2) is 49.7 Å². The highest BCUT2D eigenvalue weighted by Gasteiger charge is 2.31. The monoisotopic (exact) mass is 458 g/mol. The highest BCUT2D eigenvalue weighted by atomic mass is 35.5. The van der Waals surface area contributed by atoms with Crippen molar-refractivity contribution in [3.05, 3.63) is 70.8 Å². The van der Waals surface area contributed by atoms with Crippen molar-refractivity contribution in [3.63, 3.8) is 0 Å². The number of hydrogen-bond acceptors (Lipinski definition) is 3. The number of hydrogen-bond donors (Lipinski definition) is 0. The Morgan fingerprint density at radius 1 is 1.00 bits per heavy atom. The van der Waals surface area contributed by atoms with Gasteiger partial charge in [-0.25, -0.2) is 8.42 Å². The van der Waals surface area contributed by atoms with Crippen molar-refractivity contribution in [2.75, 3.05) is 26.2 Å². The molecule has 2 aromatic carbocycles. The predicted molar refractivity (Wildman–Crippen MR) is 107 cm³/mol. The fourth-order valence-corrected chi connectivity index (χ4v) is 4.95. The standard InChI is InChI=1S/C20H18ClF3N2O3S/c21-17-6-1-2-7-18(17)30(28,29)26-12-10-25(11-13-26)19(27)9-8-15-4-3-5-16(14-15)20(22,23)24/h1-9,14H,10-13H2/b9-8+. The molecular formula is C20H18ClF3N2O3S. The zero-order valence-corrected chi connectivity index (χ0v) is 17.2. The molecule has 0 aromatic heterocycles. The summed E-state index contributed by atoms with van der Waals surface area (Å²) in [6.07, 6.45) is -1.96. The van der Waals surface area contributed by atoms with E-state index in [0.717, 1.165) is 12.1 Å². The van der Waals surface area contributed by atoms with Crippen molar-refractivity contribution in [2.45, 2.75) is 11.1 Å². The highest BCUT2D eigenvalue weighted by Crippen LogP contribution is 2.30. The third kappa shape index (κ3) is 5.03. The fraction of sp³-hybridized carbons (Fsp3) is 0.250. The Labute approximate surface area is 177 Å². The molecule has 1 heterocycles. The normalized spacial score (nSPS) is 16.2. The van der Waals surface area contributed by atoms with Crippen LogP contribution in [0.4, 0.5) is 13.2 Å². The Hall–Kier alpha value is -2.36. The van der Waals surface area contributed by atoms with Crippen LogP contribution < -0.4 is 0 Å². The van der Waals surface area contributed by atoms with Crippen LogP contribution in [0.5, 0.6) is 0 Å². The topological polar surface area (TPSA) is 57.7 Å². The largest absolute Gasteiger partial charge is 0.416 e. The van der Waals surface area contributed by atoms with E-state index in [2.05, 4.69) is 0 Å². The van der Waals surface area contributed by atoms with Gasteiger partial charge >= 0.3 is 6.18 Å². The van der Waals surface area contributed by atoms with E-state index < -0.39 is 27.7 Å². The predicted octanol–water partition coefficient (Wildman–Crippen LogP) is 3.91. The van der Waals surface area contributed by atoms with Gasteiger partial charge in [-0.1, -0.05) is 35.9 Å². The van der Waals surface area contributed by atoms with Gasteiger partial charge in [-0.05, 0) is 35.9 Å². The summed E-state index contributed by atoms with van der Waals surface area (Å²) in [5.74, 6) is -0.401. The Bertz CT molecular complexity index is 1060. The summed E-state index contributed by atoms with van der Waals surface area (Å²) in [6, 6.07) is 10.8. The van der Waals surface area contributed by atoms with E-state index in [9.17, 15) is 26.4 Å². The zero-order chi connectivity index (χ0) is 21.9. The molecule has 0 unspecified atom stereocenters. The van der Waals surface area contributed by atoms with Crippen LogP contribution in [0.2, 0.25) is 5.02 Å². The molecule has 3 rings (SSSR count). The molecular weight excluding hydrogens is 441 g/mol. The summed E-state index contributed by atoms with van der Waals surface area (Å²) in [6.45, 7) is 0.512. The minimum atomic E-state index is -4.46. The van der Waals surface area contributed by atoms with Crippen LogP contribution in [0.1, 0.15) is 11.1 Å². The first kappa shape index (κ1) is 22.3. The number of sulfonamides is 1. The second-order valence-electron chi connectivity index (χ2n) is 6.62. The van der Waals surface area contributed by atoms with Gasteiger partial charge in [0, 0.05) is 32.3 Å². The Balaban J connectivity index is 1.63. The molecule has 1 aliphatic heterocycles. The van der Waals surface area contributed by atoms with E-state index in [-0.39, 0.29) is 41.7 Å². The number of amides is 1. The summed E-state index contributed by atoms with van der Waals surface area (Å²) < 4.78 is 65.1. The average molecular weight is 459 g/mol. The number of alkyl halides is 3. The van der Waals surface area contributed by atoms with Crippen LogP contribution in [0, 0.1) is 0 Å². The van der Waals surface area contributed by atoms with Crippen molar-refractivity contribution in [1.29, 1.82) is 0 Å². The van der Waals surface area contributed by atoms with Gasteiger partial charge in [0.15, 0.2) is 0 Å². The first-order valence-electron chi connectivity index (χ1n) is 8.98. The molecule has 0 N–H and O–H groups in total. The van der Waals surface area contributed by atoms with E-state index in [0.29, 0.717) is 0 Å². The highest BCUT2D eigenvalue weighted by molar-refractivity contribution is 7.89. The summed E-state index contributed by atoms with van der Waals surface area (Å²) in [7, 11) is -3.78. The lowest BCUT2D eigenvalue weighted by Gasteiger charge is -2.33. The molecule has 1 amide bonds. The maximum absolute atomic E-state index is 12.8. The molecule has 0 saturated carbocycles. The maximum Gasteiger partial charge on any atom is 0.416 e. The van der Waals surface area contributed by atoms with E-state index >= 15 is 0 Å². The summed E-state index contributed by atoms with van der Waals surface area (Å²) in [5.41, 5.74) is -0.548. The van der Waals surface area contributed by atoms with Gasteiger partial charge < -0.3 is 4.90 Å². The van der Waals surface area contributed by atoms with Gasteiger partial charge in [-0.3, -0.25) is 4.79 Å². The lowest BCUT2D eigenvalue weighted by molar-refractivity contribution is -0.137. The lowest BCUT2D eigenvalue weighted by Crippen LogP contribution is -2.50. The van der Waals surface area contributed by atoms with Crippen molar-refractivity contribution < 1.29 is 26.4 Å². The average Bonchev–Trinajstić information content (AvgIpc) is 2.72. The van der Waals surface area contributed by atoms with Crippen LogP contribution in [0.25, 0.3) is 6.08 Å². The molecule has 160 valence electrons. The van der Waals surface area contributed by atoms with E-state index in [1.807, 2.05) is 0 Å². The Kier molecular flexibility index (Phi) is 6.54. The molecule has 1 fully saturated rings. The summed E-state index contributed by atoms with van der Waals surface area (Å²) in [5, 5.41) is 0.125. The van der Waals surface area contributed by atoms with Crippen molar-refractivity contribution in [1.82, 2.24) is 9.21 Å². The lowest BCUT2D eigenvalue weighted by atomic mass is 10.1. The Morgan fingerprint density at radius 2 is 1.67 bits per heavy atom. The van der Waals surface area contributed by atoms with E-state index in [1.54, 1.807) is 12.1 Å². The van der Waals surface area contributed by atoms with Crippen molar-refractivity contribution >= 4 is 33.6 Å². The summed E-state index contributed by atoms with van der Waals surface area (Å²) in [4.78, 5) is 13.8. The van der Waals surface area contributed by atoms with Gasteiger partial charge in [0.1, 0.15) is 4.90 Å². The SMILES string of the molecule is O=C(/C=C/c1cccc(C(F)(F)F)c1)N1CCN(S(=O)(=O)c2ccccc2Cl)CC1. The number of carbonyl (C=O) groups is 1. The van der Waals surface area contributed by atoms with Gasteiger partial charge in [-0.2, -0.15) is 17.5 Å². The quantitative estimate of drug-likeness (QED) is 0.653. The van der Waals surface area contributed by atoms with Crippen LogP contribution in [0.15, 0.2) is 59.5 Å². The summed E-state index contributed by atoms with van der Waals surface area (Å²) >= 11 is 6.00. The van der Waals surface area contributed by atoms with Crippen molar-refractivity contribution in [2.24, 2.45) is 0 Å². The molecule has 5 nitrogen and oxygen atoms in total. The van der Waals surface area contributed by atoms with Crippen molar-refractivity contribution in [3.8, 4) is 0 Å². The van der Waals surface area contributed by atoms with Gasteiger partial charge in [-0.15, -0.1) is 0 Å². The molecule has 0 radical (unpaired) electrons. The van der Waals surface area contributed by atoms with Crippen LogP contribution in [-0.2, 0) is 21.0 Å². The van der Waals surface area contributed by atoms with Crippen LogP contribution >= 0.6 is 11.6 Å². The maximum atomic E-state index is 12.8. The molecule has 0 aliphatic carbocycles. The zero-order valence-electron chi connectivity index (χ0n) is 15.6. The minimum Gasteiger partial charge on any atom is -0.337 e.